The van der Waals surface area contributed by atoms with Crippen molar-refractivity contribution in [2.75, 3.05) is 33.2 Å². The van der Waals surface area contributed by atoms with Crippen LogP contribution in [0.25, 0.3) is 0 Å². The molecule has 0 unspecified atom stereocenters. The molecule has 3 heteroatoms. The molecule has 0 saturated heterocycles. The second kappa shape index (κ2) is 9.13. The van der Waals surface area contributed by atoms with Crippen molar-refractivity contribution in [2.45, 2.75) is 34.6 Å². The minimum atomic E-state index is 0.597. The van der Waals surface area contributed by atoms with Crippen LogP contribution in [0.1, 0.15) is 34.6 Å². The predicted molar refractivity (Wildman–Crippen MR) is 63.7 cm³/mol. The maximum atomic E-state index is 5.55. The molecule has 0 N–H and O–H groups in total. The van der Waals surface area contributed by atoms with E-state index in [1.54, 1.807) is 0 Å². The zero-order chi connectivity index (χ0) is 11.7. The van der Waals surface area contributed by atoms with Gasteiger partial charge in [-0.25, -0.2) is 0 Å². The molecule has 0 spiro atoms. The summed E-state index contributed by atoms with van der Waals surface area (Å²) < 4.78 is 11.1. The standard InChI is InChI=1S/C12H27NO2/c1-6-13(9-14-7-11(2)3)10-15-8-12(4)5/h11-12H,6-10H2,1-5H3. The van der Waals surface area contributed by atoms with E-state index in [1.165, 1.54) is 0 Å². The Morgan fingerprint density at radius 2 is 1.27 bits per heavy atom. The lowest BCUT2D eigenvalue weighted by molar-refractivity contribution is -0.0525. The van der Waals surface area contributed by atoms with Gasteiger partial charge in [0.15, 0.2) is 0 Å². The summed E-state index contributed by atoms with van der Waals surface area (Å²) in [5.74, 6) is 1.19. The van der Waals surface area contributed by atoms with Crippen LogP contribution in [-0.4, -0.2) is 38.1 Å². The van der Waals surface area contributed by atoms with E-state index in [9.17, 15) is 0 Å². The van der Waals surface area contributed by atoms with Gasteiger partial charge in [-0.05, 0) is 18.4 Å². The van der Waals surface area contributed by atoms with E-state index in [1.807, 2.05) is 0 Å². The molecule has 0 aromatic heterocycles. The molecule has 0 aliphatic carbocycles. The Hall–Kier alpha value is -0.120. The molecule has 0 amide bonds. The average molecular weight is 217 g/mol. The van der Waals surface area contributed by atoms with Crippen molar-refractivity contribution in [3.63, 3.8) is 0 Å². The van der Waals surface area contributed by atoms with Crippen LogP contribution in [0.15, 0.2) is 0 Å². The summed E-state index contributed by atoms with van der Waals surface area (Å²) in [6.45, 7) is 14.7. The van der Waals surface area contributed by atoms with Crippen molar-refractivity contribution < 1.29 is 9.47 Å². The van der Waals surface area contributed by atoms with Crippen LogP contribution in [0.2, 0.25) is 0 Å². The minimum Gasteiger partial charge on any atom is -0.366 e. The van der Waals surface area contributed by atoms with E-state index in [4.69, 9.17) is 9.47 Å². The van der Waals surface area contributed by atoms with Crippen LogP contribution >= 0.6 is 0 Å². The van der Waals surface area contributed by atoms with Crippen LogP contribution in [0.5, 0.6) is 0 Å². The summed E-state index contributed by atoms with van der Waals surface area (Å²) in [4.78, 5) is 2.16. The summed E-state index contributed by atoms with van der Waals surface area (Å²) in [5, 5.41) is 0. The number of hydrogen-bond acceptors (Lipinski definition) is 3. The van der Waals surface area contributed by atoms with Gasteiger partial charge in [0.25, 0.3) is 0 Å². The molecule has 0 bridgehead atoms. The normalized spacial score (nSPS) is 12.0. The van der Waals surface area contributed by atoms with Crippen molar-refractivity contribution in [2.24, 2.45) is 11.8 Å². The molecule has 0 rings (SSSR count). The van der Waals surface area contributed by atoms with E-state index >= 15 is 0 Å². The quantitative estimate of drug-likeness (QED) is 0.554. The monoisotopic (exact) mass is 217 g/mol. The third kappa shape index (κ3) is 10.2. The highest BCUT2D eigenvalue weighted by Gasteiger charge is 2.03. The Bertz CT molecular complexity index is 124. The molecule has 15 heavy (non-hydrogen) atoms. The zero-order valence-corrected chi connectivity index (χ0v) is 11.0. The molecule has 0 aromatic rings. The zero-order valence-electron chi connectivity index (χ0n) is 11.0. The molecule has 0 aliphatic rings. The Kier molecular flexibility index (Phi) is 9.06. The smallest absolute Gasteiger partial charge is 0.101 e. The average Bonchev–Trinajstić information content (AvgIpc) is 2.14. The van der Waals surface area contributed by atoms with Gasteiger partial charge in [0.1, 0.15) is 13.5 Å². The fourth-order valence-corrected chi connectivity index (χ4v) is 1.05. The highest BCUT2D eigenvalue weighted by atomic mass is 16.5. The van der Waals surface area contributed by atoms with Crippen molar-refractivity contribution >= 4 is 0 Å². The van der Waals surface area contributed by atoms with Gasteiger partial charge in [0, 0.05) is 0 Å². The number of hydrogen-bond donors (Lipinski definition) is 0. The van der Waals surface area contributed by atoms with Crippen molar-refractivity contribution in [3.8, 4) is 0 Å². The maximum Gasteiger partial charge on any atom is 0.101 e. The molecule has 3 nitrogen and oxygen atoms in total. The minimum absolute atomic E-state index is 0.597. The van der Waals surface area contributed by atoms with Crippen LogP contribution in [0.3, 0.4) is 0 Å². The first-order valence-electron chi connectivity index (χ1n) is 5.94. The van der Waals surface area contributed by atoms with Gasteiger partial charge in [-0.3, -0.25) is 4.90 Å². The van der Waals surface area contributed by atoms with E-state index in [0.717, 1.165) is 19.8 Å². The number of ether oxygens (including phenoxy) is 2. The van der Waals surface area contributed by atoms with E-state index in [-0.39, 0.29) is 0 Å². The molecular formula is C12H27NO2. The highest BCUT2D eigenvalue weighted by molar-refractivity contribution is 4.45. The second-order valence-corrected chi connectivity index (χ2v) is 4.77. The summed E-state index contributed by atoms with van der Waals surface area (Å²) in [7, 11) is 0. The number of nitrogens with zero attached hydrogens (tertiary/aromatic N) is 1. The fourth-order valence-electron chi connectivity index (χ4n) is 1.05. The molecule has 92 valence electrons. The van der Waals surface area contributed by atoms with Crippen LogP contribution in [0.4, 0.5) is 0 Å². The van der Waals surface area contributed by atoms with Crippen LogP contribution < -0.4 is 0 Å². The van der Waals surface area contributed by atoms with Gasteiger partial charge in [-0.2, -0.15) is 0 Å². The molecule has 0 radical (unpaired) electrons. The third-order valence-corrected chi connectivity index (χ3v) is 1.90. The highest BCUT2D eigenvalue weighted by Crippen LogP contribution is 1.97. The van der Waals surface area contributed by atoms with Gasteiger partial charge in [0.05, 0.1) is 13.2 Å². The summed E-state index contributed by atoms with van der Waals surface area (Å²) in [6, 6.07) is 0. The van der Waals surface area contributed by atoms with Gasteiger partial charge in [-0.15, -0.1) is 0 Å². The van der Waals surface area contributed by atoms with Gasteiger partial charge in [0.2, 0.25) is 0 Å². The van der Waals surface area contributed by atoms with E-state index < -0.39 is 0 Å². The van der Waals surface area contributed by atoms with Crippen LogP contribution in [-0.2, 0) is 9.47 Å². The lowest BCUT2D eigenvalue weighted by Gasteiger charge is -2.21. The third-order valence-electron chi connectivity index (χ3n) is 1.90. The maximum absolute atomic E-state index is 5.55. The summed E-state index contributed by atoms with van der Waals surface area (Å²) in [5.41, 5.74) is 0. The SMILES string of the molecule is CCN(COCC(C)C)COCC(C)C. The number of rotatable bonds is 9. The first-order chi connectivity index (χ1) is 7.06. The van der Waals surface area contributed by atoms with E-state index in [2.05, 4.69) is 39.5 Å². The van der Waals surface area contributed by atoms with Crippen molar-refractivity contribution in [3.05, 3.63) is 0 Å². The van der Waals surface area contributed by atoms with Crippen molar-refractivity contribution in [1.29, 1.82) is 0 Å². The molecule has 0 aliphatic heterocycles. The Morgan fingerprint density at radius 3 is 1.53 bits per heavy atom. The molecule has 0 atom stereocenters. The first-order valence-corrected chi connectivity index (χ1v) is 5.94. The summed E-state index contributed by atoms with van der Waals surface area (Å²) in [6.07, 6.45) is 0. The predicted octanol–water partition coefficient (Wildman–Crippen LogP) is 2.57. The topological polar surface area (TPSA) is 21.7 Å². The van der Waals surface area contributed by atoms with Crippen LogP contribution in [0, 0.1) is 11.8 Å². The molecule has 0 heterocycles. The molecular weight excluding hydrogens is 190 g/mol. The fraction of sp³-hybridized carbons (Fsp3) is 1.00. The first kappa shape index (κ1) is 14.9. The Balaban J connectivity index is 3.46. The lowest BCUT2D eigenvalue weighted by Crippen LogP contribution is -2.30. The Labute approximate surface area is 94.7 Å². The van der Waals surface area contributed by atoms with Gasteiger partial charge >= 0.3 is 0 Å². The largest absolute Gasteiger partial charge is 0.366 e. The van der Waals surface area contributed by atoms with Gasteiger partial charge in [-0.1, -0.05) is 34.6 Å². The van der Waals surface area contributed by atoms with E-state index in [0.29, 0.717) is 25.3 Å². The molecule has 0 saturated carbocycles. The van der Waals surface area contributed by atoms with Gasteiger partial charge < -0.3 is 9.47 Å². The molecule has 0 aromatic carbocycles. The Morgan fingerprint density at radius 1 is 0.867 bits per heavy atom. The second-order valence-electron chi connectivity index (χ2n) is 4.77. The summed E-state index contributed by atoms with van der Waals surface area (Å²) >= 11 is 0. The van der Waals surface area contributed by atoms with Crippen molar-refractivity contribution in [1.82, 2.24) is 4.90 Å². The lowest BCUT2D eigenvalue weighted by atomic mass is 10.2. The molecule has 0 fully saturated rings.